The summed E-state index contributed by atoms with van der Waals surface area (Å²) in [6, 6.07) is 11.7. The van der Waals surface area contributed by atoms with Gasteiger partial charge in [0.05, 0.1) is 0 Å². The van der Waals surface area contributed by atoms with Crippen LogP contribution in [0.3, 0.4) is 0 Å². The second-order valence-corrected chi connectivity index (χ2v) is 8.01. The van der Waals surface area contributed by atoms with Gasteiger partial charge in [-0.25, -0.2) is 0 Å². The number of carbonyl (C=O) groups is 1. The summed E-state index contributed by atoms with van der Waals surface area (Å²) in [6.07, 6.45) is 0. The van der Waals surface area contributed by atoms with Gasteiger partial charge < -0.3 is 0 Å². The first-order chi connectivity index (χ1) is 8.52. The molecule has 2 aromatic carbocycles. The van der Waals surface area contributed by atoms with Gasteiger partial charge in [-0.3, -0.25) is 4.79 Å². The number of hydrogen-bond acceptors (Lipinski definition) is 1. The van der Waals surface area contributed by atoms with Crippen LogP contribution in [0.5, 0.6) is 0 Å². The molecule has 0 N–H and O–H groups in total. The molecule has 0 saturated carbocycles. The molecule has 0 atom stereocenters. The SMILES string of the molecule is O=C(c1cccc(I)c1I)c1cccc(I)c1I. The number of halogens is 4. The standard InChI is InChI=1S/C13H6I4O/c14-9-5-1-3-7(11(9)16)13(18)8-4-2-6-10(15)12(8)17/h1-6H. The highest BCUT2D eigenvalue weighted by atomic mass is 127. The zero-order valence-electron chi connectivity index (χ0n) is 8.88. The summed E-state index contributed by atoms with van der Waals surface area (Å²) < 4.78 is 4.27. The van der Waals surface area contributed by atoms with Crippen LogP contribution in [0.1, 0.15) is 15.9 Å². The number of hydrogen-bond donors (Lipinski definition) is 0. The molecular weight excluding hydrogens is 680 g/mol. The normalized spacial score (nSPS) is 10.4. The highest BCUT2D eigenvalue weighted by Gasteiger charge is 2.17. The van der Waals surface area contributed by atoms with Gasteiger partial charge in [-0.1, -0.05) is 12.1 Å². The van der Waals surface area contributed by atoms with Crippen molar-refractivity contribution in [2.75, 3.05) is 0 Å². The van der Waals surface area contributed by atoms with Crippen molar-refractivity contribution in [1.29, 1.82) is 0 Å². The second kappa shape index (κ2) is 6.66. The average molecular weight is 686 g/mol. The molecule has 0 heterocycles. The lowest BCUT2D eigenvalue weighted by Crippen LogP contribution is -2.07. The van der Waals surface area contributed by atoms with E-state index >= 15 is 0 Å². The second-order valence-electron chi connectivity index (χ2n) is 3.53. The van der Waals surface area contributed by atoms with Crippen LogP contribution in [-0.2, 0) is 0 Å². The Hall–Kier alpha value is 1.03. The first-order valence-corrected chi connectivity index (χ1v) is 9.26. The minimum Gasteiger partial charge on any atom is -0.289 e. The van der Waals surface area contributed by atoms with Crippen LogP contribution in [0, 0.1) is 14.3 Å². The van der Waals surface area contributed by atoms with E-state index in [0.29, 0.717) is 0 Å². The van der Waals surface area contributed by atoms with Crippen molar-refractivity contribution < 1.29 is 4.79 Å². The van der Waals surface area contributed by atoms with Gasteiger partial charge in [0.2, 0.25) is 0 Å². The van der Waals surface area contributed by atoms with Gasteiger partial charge in [0, 0.05) is 25.4 Å². The van der Waals surface area contributed by atoms with Gasteiger partial charge >= 0.3 is 0 Å². The van der Waals surface area contributed by atoms with Gasteiger partial charge in [-0.2, -0.15) is 0 Å². The molecular formula is C13H6I4O. The van der Waals surface area contributed by atoms with E-state index in [1.54, 1.807) is 0 Å². The summed E-state index contributed by atoms with van der Waals surface area (Å²) in [7, 11) is 0. The summed E-state index contributed by atoms with van der Waals surface area (Å²) in [5, 5.41) is 0. The Labute approximate surface area is 160 Å². The molecule has 18 heavy (non-hydrogen) atoms. The summed E-state index contributed by atoms with van der Waals surface area (Å²) in [4.78, 5) is 12.6. The van der Waals surface area contributed by atoms with Crippen LogP contribution in [0.4, 0.5) is 0 Å². The zero-order chi connectivity index (χ0) is 13.3. The lowest BCUT2D eigenvalue weighted by Gasteiger charge is -2.08. The zero-order valence-corrected chi connectivity index (χ0v) is 17.5. The van der Waals surface area contributed by atoms with E-state index in [1.807, 2.05) is 36.4 Å². The third kappa shape index (κ3) is 3.19. The molecule has 0 fully saturated rings. The predicted octanol–water partition coefficient (Wildman–Crippen LogP) is 5.34. The van der Waals surface area contributed by atoms with Gasteiger partial charge in [0.15, 0.2) is 5.78 Å². The van der Waals surface area contributed by atoms with Crippen molar-refractivity contribution in [3.05, 3.63) is 61.8 Å². The average Bonchev–Trinajstić information content (AvgIpc) is 2.35. The first kappa shape index (κ1) is 15.4. The number of rotatable bonds is 2. The third-order valence-electron chi connectivity index (χ3n) is 2.39. The van der Waals surface area contributed by atoms with E-state index in [-0.39, 0.29) is 5.78 Å². The van der Waals surface area contributed by atoms with Crippen LogP contribution >= 0.6 is 90.4 Å². The first-order valence-electron chi connectivity index (χ1n) is 4.95. The molecule has 0 spiro atoms. The topological polar surface area (TPSA) is 17.1 Å². The van der Waals surface area contributed by atoms with Crippen LogP contribution < -0.4 is 0 Å². The van der Waals surface area contributed by atoms with Crippen molar-refractivity contribution in [1.82, 2.24) is 0 Å². The number of benzene rings is 2. The maximum absolute atomic E-state index is 12.6. The molecule has 0 radical (unpaired) electrons. The molecule has 0 amide bonds. The molecule has 1 nitrogen and oxygen atoms in total. The summed E-state index contributed by atoms with van der Waals surface area (Å²) in [5.41, 5.74) is 1.56. The fourth-order valence-corrected chi connectivity index (χ4v) is 3.71. The maximum Gasteiger partial charge on any atom is 0.195 e. The Bertz CT molecular complexity index is 569. The van der Waals surface area contributed by atoms with E-state index < -0.39 is 0 Å². The molecule has 0 unspecified atom stereocenters. The third-order valence-corrected chi connectivity index (χ3v) is 8.58. The van der Waals surface area contributed by atoms with E-state index in [0.717, 1.165) is 25.4 Å². The predicted molar refractivity (Wildman–Crippen MR) is 107 cm³/mol. The monoisotopic (exact) mass is 686 g/mol. The lowest BCUT2D eigenvalue weighted by molar-refractivity contribution is 0.103. The van der Waals surface area contributed by atoms with E-state index in [2.05, 4.69) is 90.4 Å². The Morgan fingerprint density at radius 1 is 0.722 bits per heavy atom. The maximum atomic E-state index is 12.6. The Balaban J connectivity index is 2.55. The minimum atomic E-state index is 0.0980. The van der Waals surface area contributed by atoms with Crippen molar-refractivity contribution >= 4 is 96.1 Å². The number of ketones is 1. The smallest absolute Gasteiger partial charge is 0.195 e. The quantitative estimate of drug-likeness (QED) is 0.309. The summed E-state index contributed by atoms with van der Waals surface area (Å²) >= 11 is 8.98. The molecule has 0 aliphatic carbocycles. The largest absolute Gasteiger partial charge is 0.289 e. The molecule has 2 aromatic rings. The van der Waals surface area contributed by atoms with Crippen molar-refractivity contribution in [3.63, 3.8) is 0 Å². The summed E-state index contributed by atoms with van der Waals surface area (Å²) in [5.74, 6) is 0.0980. The van der Waals surface area contributed by atoms with Crippen molar-refractivity contribution in [2.24, 2.45) is 0 Å². The molecule has 0 saturated heterocycles. The molecule has 2 rings (SSSR count). The van der Waals surface area contributed by atoms with E-state index in [9.17, 15) is 4.79 Å². The van der Waals surface area contributed by atoms with Crippen LogP contribution in [0.15, 0.2) is 36.4 Å². The van der Waals surface area contributed by atoms with Crippen LogP contribution in [0.25, 0.3) is 0 Å². The highest BCUT2D eigenvalue weighted by Crippen LogP contribution is 2.25. The van der Waals surface area contributed by atoms with E-state index in [4.69, 9.17) is 0 Å². The minimum absolute atomic E-state index is 0.0980. The molecule has 0 aliphatic rings. The molecule has 0 bridgehead atoms. The Kier molecular flexibility index (Phi) is 5.70. The van der Waals surface area contributed by atoms with Gasteiger partial charge in [0.1, 0.15) is 0 Å². The Morgan fingerprint density at radius 2 is 1.11 bits per heavy atom. The van der Waals surface area contributed by atoms with Gasteiger partial charge in [-0.15, -0.1) is 0 Å². The molecule has 0 aliphatic heterocycles. The molecule has 92 valence electrons. The van der Waals surface area contributed by atoms with Gasteiger partial charge in [-0.05, 0) is 115 Å². The van der Waals surface area contributed by atoms with Gasteiger partial charge in [0.25, 0.3) is 0 Å². The van der Waals surface area contributed by atoms with E-state index in [1.165, 1.54) is 0 Å². The van der Waals surface area contributed by atoms with Crippen molar-refractivity contribution in [3.8, 4) is 0 Å². The molecule has 0 aromatic heterocycles. The fraction of sp³-hybridized carbons (Fsp3) is 0. The van der Waals surface area contributed by atoms with Crippen LogP contribution in [0.2, 0.25) is 0 Å². The van der Waals surface area contributed by atoms with Crippen molar-refractivity contribution in [2.45, 2.75) is 0 Å². The fourth-order valence-electron chi connectivity index (χ4n) is 1.50. The lowest BCUT2D eigenvalue weighted by atomic mass is 10.0. The summed E-state index contributed by atoms with van der Waals surface area (Å²) in [6.45, 7) is 0. The number of carbonyl (C=O) groups excluding carboxylic acids is 1. The molecule has 5 heteroatoms. The van der Waals surface area contributed by atoms with Crippen LogP contribution in [-0.4, -0.2) is 5.78 Å². The Morgan fingerprint density at radius 3 is 1.50 bits per heavy atom. The highest BCUT2D eigenvalue weighted by molar-refractivity contribution is 14.1.